The van der Waals surface area contributed by atoms with Gasteiger partial charge in [-0.2, -0.15) is 0 Å². The van der Waals surface area contributed by atoms with Gasteiger partial charge in [-0.3, -0.25) is 4.79 Å². The molecule has 1 fully saturated rings. The molecule has 3 aromatic rings. The van der Waals surface area contributed by atoms with Crippen LogP contribution in [0.3, 0.4) is 0 Å². The molecule has 1 aliphatic heterocycles. The number of furan rings is 1. The van der Waals surface area contributed by atoms with Crippen molar-refractivity contribution in [3.63, 3.8) is 0 Å². The summed E-state index contributed by atoms with van der Waals surface area (Å²) in [6.07, 6.45) is 3.49. The van der Waals surface area contributed by atoms with Gasteiger partial charge in [0.1, 0.15) is 11.5 Å². The molecule has 1 aliphatic rings. The highest BCUT2D eigenvalue weighted by atomic mass is 16.5. The van der Waals surface area contributed by atoms with Crippen molar-refractivity contribution in [2.75, 3.05) is 6.54 Å². The third-order valence-electron chi connectivity index (χ3n) is 4.18. The molecule has 116 valence electrons. The Morgan fingerprint density at radius 3 is 2.83 bits per heavy atom. The average molecular weight is 308 g/mol. The van der Waals surface area contributed by atoms with E-state index in [0.717, 1.165) is 24.2 Å². The molecule has 0 bridgehead atoms. The molecule has 5 heteroatoms. The predicted octanol–water partition coefficient (Wildman–Crippen LogP) is 3.91. The molecular weight excluding hydrogens is 292 g/mol. The van der Waals surface area contributed by atoms with Crippen LogP contribution in [0, 0.1) is 0 Å². The first-order chi connectivity index (χ1) is 11.3. The van der Waals surface area contributed by atoms with Crippen LogP contribution in [0.15, 0.2) is 63.7 Å². The molecule has 4 rings (SSSR count). The molecule has 0 N–H and O–H groups in total. The van der Waals surface area contributed by atoms with Gasteiger partial charge in [-0.1, -0.05) is 35.5 Å². The van der Waals surface area contributed by atoms with Crippen molar-refractivity contribution in [1.29, 1.82) is 0 Å². The second-order valence-electron chi connectivity index (χ2n) is 5.61. The number of likely N-dealkylation sites (tertiary alicyclic amines) is 1. The van der Waals surface area contributed by atoms with Crippen LogP contribution >= 0.6 is 0 Å². The Bertz CT molecular complexity index is 793. The normalized spacial score (nSPS) is 17.6. The molecule has 1 saturated heterocycles. The Morgan fingerprint density at radius 1 is 1.17 bits per heavy atom. The van der Waals surface area contributed by atoms with Crippen LogP contribution in [0.25, 0.3) is 11.3 Å². The highest BCUT2D eigenvalue weighted by molar-refractivity contribution is 5.92. The fraction of sp³-hybridized carbons (Fsp3) is 0.222. The summed E-state index contributed by atoms with van der Waals surface area (Å²) in [5.74, 6) is 0.944. The summed E-state index contributed by atoms with van der Waals surface area (Å²) in [5, 5.41) is 4.02. The highest BCUT2D eigenvalue weighted by Gasteiger charge is 2.34. The summed E-state index contributed by atoms with van der Waals surface area (Å²) in [6, 6.07) is 15.1. The van der Waals surface area contributed by atoms with Crippen molar-refractivity contribution in [3.8, 4) is 11.3 Å². The number of rotatable bonds is 3. The molecule has 0 saturated carbocycles. The van der Waals surface area contributed by atoms with Gasteiger partial charge in [-0.15, -0.1) is 0 Å². The molecule has 1 atom stereocenters. The first kappa shape index (κ1) is 13.8. The third kappa shape index (κ3) is 2.54. The van der Waals surface area contributed by atoms with E-state index in [0.29, 0.717) is 12.2 Å². The molecule has 0 spiro atoms. The van der Waals surface area contributed by atoms with Crippen molar-refractivity contribution < 1.29 is 13.7 Å². The van der Waals surface area contributed by atoms with Gasteiger partial charge in [-0.25, -0.2) is 0 Å². The van der Waals surface area contributed by atoms with Crippen molar-refractivity contribution >= 4 is 5.91 Å². The molecule has 3 heterocycles. The van der Waals surface area contributed by atoms with E-state index in [1.165, 1.54) is 0 Å². The Labute approximate surface area is 133 Å². The minimum absolute atomic E-state index is 0.0252. The molecular formula is C18H16N2O3. The minimum Gasteiger partial charge on any atom is -0.467 e. The van der Waals surface area contributed by atoms with Crippen LogP contribution in [-0.4, -0.2) is 22.5 Å². The van der Waals surface area contributed by atoms with Crippen LogP contribution in [-0.2, 0) is 0 Å². The molecule has 5 nitrogen and oxygen atoms in total. The SMILES string of the molecule is O=C(c1cc(-c2ccccc2)no1)N1CCC[C@@H]1c1ccco1. The molecule has 2 aromatic heterocycles. The fourth-order valence-corrected chi connectivity index (χ4v) is 3.05. The average Bonchev–Trinajstić information content (AvgIpc) is 3.34. The number of carbonyl (C=O) groups excluding carboxylic acids is 1. The molecule has 0 aliphatic carbocycles. The third-order valence-corrected chi connectivity index (χ3v) is 4.18. The molecule has 23 heavy (non-hydrogen) atoms. The van der Waals surface area contributed by atoms with E-state index in [4.69, 9.17) is 8.94 Å². The lowest BCUT2D eigenvalue weighted by molar-refractivity contribution is 0.0677. The van der Waals surface area contributed by atoms with E-state index in [9.17, 15) is 4.79 Å². The Hall–Kier alpha value is -2.82. The maximum atomic E-state index is 12.7. The van der Waals surface area contributed by atoms with E-state index in [1.54, 1.807) is 17.2 Å². The number of amides is 1. The zero-order valence-corrected chi connectivity index (χ0v) is 12.5. The van der Waals surface area contributed by atoms with Crippen molar-refractivity contribution in [2.24, 2.45) is 0 Å². The van der Waals surface area contributed by atoms with Gasteiger partial charge in [0.05, 0.1) is 12.3 Å². The Balaban J connectivity index is 1.59. The first-order valence-corrected chi connectivity index (χ1v) is 7.69. The number of nitrogens with zero attached hydrogens (tertiary/aromatic N) is 2. The van der Waals surface area contributed by atoms with Gasteiger partial charge in [0, 0.05) is 18.2 Å². The first-order valence-electron chi connectivity index (χ1n) is 7.69. The van der Waals surface area contributed by atoms with Gasteiger partial charge >= 0.3 is 0 Å². The van der Waals surface area contributed by atoms with E-state index in [1.807, 2.05) is 42.5 Å². The smallest absolute Gasteiger partial charge is 0.293 e. The molecule has 1 aromatic carbocycles. The number of benzene rings is 1. The molecule has 0 radical (unpaired) electrons. The van der Waals surface area contributed by atoms with Crippen LogP contribution < -0.4 is 0 Å². The van der Waals surface area contributed by atoms with E-state index in [2.05, 4.69) is 5.16 Å². The minimum atomic E-state index is -0.140. The topological polar surface area (TPSA) is 59.5 Å². The molecule has 1 amide bonds. The lowest BCUT2D eigenvalue weighted by Crippen LogP contribution is -2.30. The van der Waals surface area contributed by atoms with E-state index in [-0.39, 0.29) is 17.7 Å². The number of hydrogen-bond acceptors (Lipinski definition) is 4. The van der Waals surface area contributed by atoms with Gasteiger partial charge < -0.3 is 13.8 Å². The number of carbonyl (C=O) groups is 1. The largest absolute Gasteiger partial charge is 0.467 e. The van der Waals surface area contributed by atoms with E-state index < -0.39 is 0 Å². The summed E-state index contributed by atoms with van der Waals surface area (Å²) in [5.41, 5.74) is 1.60. The fourth-order valence-electron chi connectivity index (χ4n) is 3.05. The predicted molar refractivity (Wildman–Crippen MR) is 83.7 cm³/mol. The van der Waals surface area contributed by atoms with Gasteiger partial charge in [-0.05, 0) is 25.0 Å². The summed E-state index contributed by atoms with van der Waals surface area (Å²) in [7, 11) is 0. The van der Waals surface area contributed by atoms with Crippen LogP contribution in [0.2, 0.25) is 0 Å². The quantitative estimate of drug-likeness (QED) is 0.736. The maximum absolute atomic E-state index is 12.7. The Morgan fingerprint density at radius 2 is 2.04 bits per heavy atom. The molecule has 0 unspecified atom stereocenters. The van der Waals surface area contributed by atoms with Crippen molar-refractivity contribution in [1.82, 2.24) is 10.1 Å². The van der Waals surface area contributed by atoms with Crippen LogP contribution in [0.5, 0.6) is 0 Å². The van der Waals surface area contributed by atoms with Crippen LogP contribution in [0.1, 0.15) is 35.2 Å². The summed E-state index contributed by atoms with van der Waals surface area (Å²) in [6.45, 7) is 0.700. The van der Waals surface area contributed by atoms with Gasteiger partial charge in [0.25, 0.3) is 5.91 Å². The summed E-state index contributed by atoms with van der Waals surface area (Å²) < 4.78 is 10.8. The van der Waals surface area contributed by atoms with E-state index >= 15 is 0 Å². The lowest BCUT2D eigenvalue weighted by atomic mass is 10.1. The standard InChI is InChI=1S/C18H16N2O3/c21-18(20-10-4-8-15(20)16-9-5-11-22-16)17-12-14(19-23-17)13-6-2-1-3-7-13/h1-3,5-7,9,11-12,15H,4,8,10H2/t15-/m1/s1. The van der Waals surface area contributed by atoms with Crippen molar-refractivity contribution in [2.45, 2.75) is 18.9 Å². The van der Waals surface area contributed by atoms with Gasteiger partial charge in [0.2, 0.25) is 5.76 Å². The highest BCUT2D eigenvalue weighted by Crippen LogP contribution is 2.33. The number of aromatic nitrogens is 1. The zero-order valence-electron chi connectivity index (χ0n) is 12.5. The van der Waals surface area contributed by atoms with Crippen LogP contribution in [0.4, 0.5) is 0 Å². The van der Waals surface area contributed by atoms with Crippen molar-refractivity contribution in [3.05, 3.63) is 66.3 Å². The summed E-state index contributed by atoms with van der Waals surface area (Å²) >= 11 is 0. The second-order valence-corrected chi connectivity index (χ2v) is 5.61. The summed E-state index contributed by atoms with van der Waals surface area (Å²) in [4.78, 5) is 14.5. The van der Waals surface area contributed by atoms with Gasteiger partial charge in [0.15, 0.2) is 0 Å². The monoisotopic (exact) mass is 308 g/mol. The second kappa shape index (κ2) is 5.76. The maximum Gasteiger partial charge on any atom is 0.293 e. The Kier molecular flexibility index (Phi) is 3.46. The number of hydrogen-bond donors (Lipinski definition) is 0. The zero-order chi connectivity index (χ0) is 15.6. The lowest BCUT2D eigenvalue weighted by Gasteiger charge is -2.21.